The van der Waals surface area contributed by atoms with E-state index in [1.165, 1.54) is 0 Å². The number of nitrogens with one attached hydrogen (secondary N) is 1. The second-order valence-electron chi connectivity index (χ2n) is 5.45. The lowest BCUT2D eigenvalue weighted by Gasteiger charge is -2.15. The first kappa shape index (κ1) is 24.0. The molecular weight excluding hydrogens is 353 g/mol. The van der Waals surface area contributed by atoms with Crippen LogP contribution < -0.4 is 5.32 Å². The Labute approximate surface area is 148 Å². The SMILES string of the molecule is CCCCCCC(=O)OCC(O)COP(=O)(O)OCCNC(=O)CC. The minimum absolute atomic E-state index is 0.0682. The summed E-state index contributed by atoms with van der Waals surface area (Å²) in [6.07, 6.45) is 3.14. The minimum Gasteiger partial charge on any atom is -0.463 e. The van der Waals surface area contributed by atoms with Gasteiger partial charge in [-0.3, -0.25) is 18.6 Å². The number of carbonyl (C=O) groups is 2. The van der Waals surface area contributed by atoms with Gasteiger partial charge in [-0.15, -0.1) is 0 Å². The van der Waals surface area contributed by atoms with Crippen LogP contribution in [-0.4, -0.2) is 54.3 Å². The van der Waals surface area contributed by atoms with Gasteiger partial charge < -0.3 is 20.1 Å². The van der Waals surface area contributed by atoms with Crippen molar-refractivity contribution in [1.82, 2.24) is 5.32 Å². The Hall–Kier alpha value is -0.990. The van der Waals surface area contributed by atoms with Crippen LogP contribution in [0.1, 0.15) is 52.4 Å². The summed E-state index contributed by atoms with van der Waals surface area (Å²) >= 11 is 0. The zero-order valence-electron chi connectivity index (χ0n) is 14.9. The molecule has 9 nitrogen and oxygen atoms in total. The van der Waals surface area contributed by atoms with Gasteiger partial charge in [-0.1, -0.05) is 33.1 Å². The maximum absolute atomic E-state index is 11.6. The van der Waals surface area contributed by atoms with E-state index in [2.05, 4.69) is 21.3 Å². The Morgan fingerprint density at radius 1 is 1.12 bits per heavy atom. The van der Waals surface area contributed by atoms with Gasteiger partial charge in [-0.05, 0) is 6.42 Å². The van der Waals surface area contributed by atoms with Crippen molar-refractivity contribution in [2.75, 3.05) is 26.4 Å². The molecule has 1 amide bonds. The fourth-order valence-electron chi connectivity index (χ4n) is 1.70. The molecule has 0 aliphatic heterocycles. The van der Waals surface area contributed by atoms with E-state index in [4.69, 9.17) is 4.74 Å². The highest BCUT2D eigenvalue weighted by atomic mass is 31.2. The molecule has 0 spiro atoms. The van der Waals surface area contributed by atoms with Gasteiger partial charge in [0.1, 0.15) is 12.7 Å². The number of ether oxygens (including phenoxy) is 1. The van der Waals surface area contributed by atoms with E-state index in [-0.39, 0.29) is 32.1 Å². The van der Waals surface area contributed by atoms with Crippen molar-refractivity contribution in [1.29, 1.82) is 0 Å². The zero-order chi connectivity index (χ0) is 19.1. The monoisotopic (exact) mass is 383 g/mol. The summed E-state index contributed by atoms with van der Waals surface area (Å²) in [4.78, 5) is 31.8. The van der Waals surface area contributed by atoms with Crippen LogP contribution in [0.3, 0.4) is 0 Å². The fraction of sp³-hybridized carbons (Fsp3) is 0.867. The van der Waals surface area contributed by atoms with Gasteiger partial charge in [-0.25, -0.2) is 4.57 Å². The Morgan fingerprint density at radius 3 is 2.48 bits per heavy atom. The lowest BCUT2D eigenvalue weighted by atomic mass is 10.2. The molecule has 0 saturated carbocycles. The number of aliphatic hydroxyl groups excluding tert-OH is 1. The van der Waals surface area contributed by atoms with E-state index in [0.29, 0.717) is 6.42 Å². The molecule has 3 N–H and O–H groups in total. The number of amides is 1. The van der Waals surface area contributed by atoms with Crippen LogP contribution in [0.25, 0.3) is 0 Å². The van der Waals surface area contributed by atoms with E-state index in [0.717, 1.165) is 25.7 Å². The van der Waals surface area contributed by atoms with Crippen LogP contribution in [0, 0.1) is 0 Å². The maximum Gasteiger partial charge on any atom is 0.472 e. The second kappa shape index (κ2) is 14.2. The minimum atomic E-state index is -4.34. The van der Waals surface area contributed by atoms with Crippen LogP contribution in [0.4, 0.5) is 0 Å². The number of phosphoric acid groups is 1. The van der Waals surface area contributed by atoms with Crippen LogP contribution >= 0.6 is 7.82 Å². The third-order valence-electron chi connectivity index (χ3n) is 3.10. The van der Waals surface area contributed by atoms with Gasteiger partial charge in [0.25, 0.3) is 0 Å². The highest BCUT2D eigenvalue weighted by Crippen LogP contribution is 2.42. The van der Waals surface area contributed by atoms with Crippen LogP contribution in [0.15, 0.2) is 0 Å². The number of hydrogen-bond acceptors (Lipinski definition) is 7. The Kier molecular flexibility index (Phi) is 13.6. The van der Waals surface area contributed by atoms with Gasteiger partial charge in [0, 0.05) is 19.4 Å². The first-order chi connectivity index (χ1) is 11.8. The van der Waals surface area contributed by atoms with Crippen molar-refractivity contribution < 1.29 is 37.9 Å². The molecule has 148 valence electrons. The summed E-state index contributed by atoms with van der Waals surface area (Å²) in [5.41, 5.74) is 0. The van der Waals surface area contributed by atoms with Crippen LogP contribution in [-0.2, 0) is 27.9 Å². The molecule has 10 heteroatoms. The first-order valence-electron chi connectivity index (χ1n) is 8.53. The number of esters is 1. The summed E-state index contributed by atoms with van der Waals surface area (Å²) in [6.45, 7) is 2.77. The number of rotatable bonds is 15. The van der Waals surface area contributed by atoms with Crippen LogP contribution in [0.2, 0.25) is 0 Å². The molecule has 0 fully saturated rings. The normalized spacial score (nSPS) is 14.6. The molecule has 0 aromatic carbocycles. The Bertz CT molecular complexity index is 432. The molecule has 2 atom stereocenters. The van der Waals surface area contributed by atoms with Gasteiger partial charge in [0.2, 0.25) is 5.91 Å². The van der Waals surface area contributed by atoms with Crippen molar-refractivity contribution in [2.45, 2.75) is 58.5 Å². The van der Waals surface area contributed by atoms with Gasteiger partial charge >= 0.3 is 13.8 Å². The zero-order valence-corrected chi connectivity index (χ0v) is 15.8. The molecule has 0 radical (unpaired) electrons. The summed E-state index contributed by atoms with van der Waals surface area (Å²) in [7, 11) is -4.34. The van der Waals surface area contributed by atoms with Crippen molar-refractivity contribution in [3.63, 3.8) is 0 Å². The third-order valence-corrected chi connectivity index (χ3v) is 4.09. The predicted octanol–water partition coefficient (Wildman–Crippen LogP) is 1.52. The van der Waals surface area contributed by atoms with Crippen molar-refractivity contribution in [3.8, 4) is 0 Å². The highest BCUT2D eigenvalue weighted by Gasteiger charge is 2.23. The second-order valence-corrected chi connectivity index (χ2v) is 6.90. The van der Waals surface area contributed by atoms with Crippen molar-refractivity contribution in [2.24, 2.45) is 0 Å². The first-order valence-corrected chi connectivity index (χ1v) is 10.0. The molecule has 0 aliphatic carbocycles. The number of unbranched alkanes of at least 4 members (excludes halogenated alkanes) is 3. The Balaban J connectivity index is 3.80. The standard InChI is InChI=1S/C15H30NO8P/c1-3-5-6-7-8-15(19)22-11-13(17)12-24-25(20,21)23-10-9-16-14(18)4-2/h13,17H,3-12H2,1-2H3,(H,16,18)(H,20,21). The molecule has 0 aromatic heterocycles. The highest BCUT2D eigenvalue weighted by molar-refractivity contribution is 7.47. The van der Waals surface area contributed by atoms with E-state index in [1.54, 1.807) is 6.92 Å². The molecule has 0 rings (SSSR count). The summed E-state index contributed by atoms with van der Waals surface area (Å²) in [5.74, 6) is -0.630. The third kappa shape index (κ3) is 15.0. The fourth-order valence-corrected chi connectivity index (χ4v) is 2.46. The summed E-state index contributed by atoms with van der Waals surface area (Å²) in [6, 6.07) is 0. The van der Waals surface area contributed by atoms with E-state index in [9.17, 15) is 24.2 Å². The van der Waals surface area contributed by atoms with Crippen molar-refractivity contribution >= 4 is 19.7 Å². The molecule has 0 saturated heterocycles. The van der Waals surface area contributed by atoms with E-state index >= 15 is 0 Å². The lowest BCUT2D eigenvalue weighted by molar-refractivity contribution is -0.147. The van der Waals surface area contributed by atoms with Crippen LogP contribution in [0.5, 0.6) is 0 Å². The average molecular weight is 383 g/mol. The molecule has 2 unspecified atom stereocenters. The Morgan fingerprint density at radius 2 is 1.84 bits per heavy atom. The molecular formula is C15H30NO8P. The predicted molar refractivity (Wildman–Crippen MR) is 90.8 cm³/mol. The average Bonchev–Trinajstić information content (AvgIpc) is 2.58. The number of phosphoric ester groups is 1. The lowest BCUT2D eigenvalue weighted by Crippen LogP contribution is -2.26. The molecule has 25 heavy (non-hydrogen) atoms. The summed E-state index contributed by atoms with van der Waals surface area (Å²) in [5, 5.41) is 12.1. The molecule has 0 heterocycles. The number of hydrogen-bond donors (Lipinski definition) is 3. The molecule has 0 aliphatic rings. The van der Waals surface area contributed by atoms with Crippen molar-refractivity contribution in [3.05, 3.63) is 0 Å². The van der Waals surface area contributed by atoms with Gasteiger partial charge in [0.15, 0.2) is 0 Å². The molecule has 0 aromatic rings. The maximum atomic E-state index is 11.6. The topological polar surface area (TPSA) is 131 Å². The summed E-state index contributed by atoms with van der Waals surface area (Å²) < 4.78 is 25.6. The number of aliphatic hydroxyl groups is 1. The van der Waals surface area contributed by atoms with E-state index < -0.39 is 26.5 Å². The largest absolute Gasteiger partial charge is 0.472 e. The quantitative estimate of drug-likeness (QED) is 0.220. The number of carbonyl (C=O) groups excluding carboxylic acids is 2. The van der Waals surface area contributed by atoms with Gasteiger partial charge in [0.05, 0.1) is 13.2 Å². The smallest absolute Gasteiger partial charge is 0.463 e. The van der Waals surface area contributed by atoms with E-state index in [1.807, 2.05) is 0 Å². The van der Waals surface area contributed by atoms with Gasteiger partial charge in [-0.2, -0.15) is 0 Å². The molecule has 0 bridgehead atoms.